The maximum atomic E-state index is 12.4. The van der Waals surface area contributed by atoms with Crippen LogP contribution in [0.15, 0.2) is 47.5 Å². The number of aryl methyl sites for hydroxylation is 1. The number of halogens is 3. The number of nitrogens with one attached hydrogen (secondary N) is 2. The summed E-state index contributed by atoms with van der Waals surface area (Å²) in [5.74, 6) is -2.18. The number of carboxylic acids is 1. The monoisotopic (exact) mass is 761 g/mol. The zero-order chi connectivity index (χ0) is 36.6. The molecule has 0 aliphatic rings. The van der Waals surface area contributed by atoms with Gasteiger partial charge in [-0.1, -0.05) is 34.8 Å². The van der Waals surface area contributed by atoms with Crippen LogP contribution in [0.1, 0.15) is 20.7 Å². The van der Waals surface area contributed by atoms with E-state index in [4.69, 9.17) is 54.1 Å². The van der Waals surface area contributed by atoms with Gasteiger partial charge in [0.15, 0.2) is 10.2 Å². The van der Waals surface area contributed by atoms with E-state index in [9.17, 15) is 32.9 Å². The summed E-state index contributed by atoms with van der Waals surface area (Å²) in [7, 11) is 0.277. The Morgan fingerprint density at radius 1 is 0.980 bits per heavy atom. The van der Waals surface area contributed by atoms with Crippen molar-refractivity contribution in [3.05, 3.63) is 78.9 Å². The van der Waals surface area contributed by atoms with E-state index in [1.807, 2.05) is 0 Å². The zero-order valence-electron chi connectivity index (χ0n) is 25.3. The summed E-state index contributed by atoms with van der Waals surface area (Å²) in [5.41, 5.74) is -1.37. The molecule has 0 radical (unpaired) electrons. The van der Waals surface area contributed by atoms with Crippen molar-refractivity contribution in [2.24, 2.45) is 7.05 Å². The van der Waals surface area contributed by atoms with Gasteiger partial charge >= 0.3 is 18.0 Å². The highest BCUT2D eigenvalue weighted by molar-refractivity contribution is 7.90. The van der Waals surface area contributed by atoms with Gasteiger partial charge in [-0.25, -0.2) is 19.1 Å². The normalized spacial score (nSPS) is 10.6. The minimum absolute atomic E-state index is 0.0478. The molecule has 2 aromatic heterocycles. The van der Waals surface area contributed by atoms with Crippen molar-refractivity contribution in [2.45, 2.75) is 5.03 Å². The molecule has 4 rings (SSSR count). The van der Waals surface area contributed by atoms with E-state index in [0.29, 0.717) is 15.5 Å². The Bertz CT molecular complexity index is 2020. The Morgan fingerprint density at radius 2 is 1.61 bits per heavy atom. The Morgan fingerprint density at radius 3 is 2.14 bits per heavy atom. The fourth-order valence-electron chi connectivity index (χ4n) is 3.63. The molecule has 4 aromatic rings. The number of carboxylic acid groups (broad SMARTS) is 1. The molecular formula is C26H22Cl3N7O12S. The lowest BCUT2D eigenvalue weighted by Crippen LogP contribution is -2.36. The Labute approximate surface area is 290 Å². The van der Waals surface area contributed by atoms with Gasteiger partial charge in [-0.05, 0) is 24.3 Å². The third-order valence-corrected chi connectivity index (χ3v) is 7.89. The molecular weight excluding hydrogens is 741 g/mol. The number of aromatic nitrogens is 4. The highest BCUT2D eigenvalue weighted by atomic mass is 35.5. The number of urea groups is 1. The molecule has 23 heteroatoms. The number of amides is 2. The van der Waals surface area contributed by atoms with Crippen LogP contribution < -0.4 is 24.2 Å². The van der Waals surface area contributed by atoms with Crippen molar-refractivity contribution >= 4 is 74.4 Å². The van der Waals surface area contributed by atoms with E-state index in [2.05, 4.69) is 25.1 Å². The molecule has 2 aromatic carbocycles. The highest BCUT2D eigenvalue weighted by Crippen LogP contribution is 2.33. The SMILES string of the molecule is COC(=O)c1cc(Oc2ccc(Cl)cc2Cl)ccc1[N+](=O)[O-].COc1cc(OC)nc(NC(=O)NS(=O)(=O)c2c(C(=O)O)c(Cl)nn2C)n1. The largest absolute Gasteiger partial charge is 0.481 e. The van der Waals surface area contributed by atoms with Gasteiger partial charge in [0.2, 0.25) is 17.7 Å². The third-order valence-electron chi connectivity index (χ3n) is 5.66. The Hall–Kier alpha value is -5.44. The van der Waals surface area contributed by atoms with Crippen LogP contribution in [0, 0.1) is 10.1 Å². The first-order valence-corrected chi connectivity index (χ1v) is 15.4. The lowest BCUT2D eigenvalue weighted by Gasteiger charge is -2.10. The number of benzene rings is 2. The lowest BCUT2D eigenvalue weighted by atomic mass is 10.1. The smallest absolute Gasteiger partial charge is 0.345 e. The molecule has 0 spiro atoms. The standard InChI is InChI=1S/C14H9Cl2NO5.C12H13ClN6O7S/c1-21-14(18)10-7-9(3-4-12(10)17(19)20)22-13-5-2-8(15)6-11(13)16;1-19-9(7(10(20)21)8(13)17-19)27(23,24)18-12(22)16-11-14-5(25-2)4-6(15-11)26-3/h2-7H,1H3;4H,1-3H3,(H,20,21)(H2,14,15,16,18,22). The molecule has 0 aliphatic heterocycles. The van der Waals surface area contributed by atoms with Gasteiger partial charge in [-0.2, -0.15) is 23.5 Å². The number of carbonyl (C=O) groups is 3. The fourth-order valence-corrected chi connectivity index (χ4v) is 5.65. The summed E-state index contributed by atoms with van der Waals surface area (Å²) in [4.78, 5) is 52.7. The maximum Gasteiger partial charge on any atom is 0.345 e. The summed E-state index contributed by atoms with van der Waals surface area (Å²) >= 11 is 17.4. The predicted octanol–water partition coefficient (Wildman–Crippen LogP) is 4.57. The van der Waals surface area contributed by atoms with E-state index in [1.54, 1.807) is 16.9 Å². The maximum absolute atomic E-state index is 12.4. The van der Waals surface area contributed by atoms with Crippen LogP contribution in [0.5, 0.6) is 23.3 Å². The highest BCUT2D eigenvalue weighted by Gasteiger charge is 2.32. The molecule has 0 unspecified atom stereocenters. The molecule has 19 nitrogen and oxygen atoms in total. The Kier molecular flexibility index (Phi) is 12.5. The van der Waals surface area contributed by atoms with Crippen LogP contribution in [0.3, 0.4) is 0 Å². The van der Waals surface area contributed by atoms with E-state index in [0.717, 1.165) is 20.2 Å². The average Bonchev–Trinajstić information content (AvgIpc) is 3.36. The topological polar surface area (TPSA) is 253 Å². The molecule has 0 saturated carbocycles. The van der Waals surface area contributed by atoms with Gasteiger partial charge in [-0.15, -0.1) is 0 Å². The first-order chi connectivity index (χ1) is 23.0. The van der Waals surface area contributed by atoms with Crippen molar-refractivity contribution in [1.82, 2.24) is 24.5 Å². The van der Waals surface area contributed by atoms with Crippen LogP contribution in [0.25, 0.3) is 0 Å². The van der Waals surface area contributed by atoms with Crippen LogP contribution in [0.2, 0.25) is 15.2 Å². The van der Waals surface area contributed by atoms with Crippen LogP contribution in [-0.4, -0.2) is 77.5 Å². The summed E-state index contributed by atoms with van der Waals surface area (Å²) in [6, 6.07) is 8.41. The van der Waals surface area contributed by atoms with E-state index >= 15 is 0 Å². The van der Waals surface area contributed by atoms with Gasteiger partial charge in [0.1, 0.15) is 22.6 Å². The number of methoxy groups -OCH3 is 3. The fraction of sp³-hybridized carbons (Fsp3) is 0.154. The van der Waals surface area contributed by atoms with Crippen molar-refractivity contribution in [3.8, 4) is 23.3 Å². The number of nitrogens with zero attached hydrogens (tertiary/aromatic N) is 5. The second-order valence-corrected chi connectivity index (χ2v) is 11.6. The van der Waals surface area contributed by atoms with Crippen molar-refractivity contribution in [2.75, 3.05) is 26.6 Å². The summed E-state index contributed by atoms with van der Waals surface area (Å²) in [6.45, 7) is 0. The minimum Gasteiger partial charge on any atom is -0.481 e. The number of esters is 1. The second kappa shape index (κ2) is 16.1. The van der Waals surface area contributed by atoms with Crippen LogP contribution >= 0.6 is 34.8 Å². The summed E-state index contributed by atoms with van der Waals surface area (Å²) in [5, 5.41) is 25.0. The van der Waals surface area contributed by atoms with Crippen molar-refractivity contribution in [1.29, 1.82) is 0 Å². The molecule has 0 aliphatic carbocycles. The molecule has 49 heavy (non-hydrogen) atoms. The van der Waals surface area contributed by atoms with E-state index < -0.39 is 48.7 Å². The predicted molar refractivity (Wildman–Crippen MR) is 171 cm³/mol. The lowest BCUT2D eigenvalue weighted by molar-refractivity contribution is -0.385. The molecule has 0 fully saturated rings. The second-order valence-electron chi connectivity index (χ2n) is 8.84. The van der Waals surface area contributed by atoms with Gasteiger partial charge in [0, 0.05) is 24.2 Å². The molecule has 2 amide bonds. The summed E-state index contributed by atoms with van der Waals surface area (Å²) in [6.07, 6.45) is 0. The first-order valence-electron chi connectivity index (χ1n) is 12.8. The quantitative estimate of drug-likeness (QED) is 0.114. The van der Waals surface area contributed by atoms with Crippen LogP contribution in [0.4, 0.5) is 16.4 Å². The van der Waals surface area contributed by atoms with Gasteiger partial charge in [0.05, 0.1) is 37.3 Å². The number of sulfonamides is 1. The van der Waals surface area contributed by atoms with Crippen molar-refractivity contribution < 1.29 is 51.8 Å². The minimum atomic E-state index is -4.64. The molecule has 2 heterocycles. The van der Waals surface area contributed by atoms with Crippen LogP contribution in [-0.2, 0) is 21.8 Å². The van der Waals surface area contributed by atoms with Gasteiger partial charge < -0.3 is 24.1 Å². The van der Waals surface area contributed by atoms with Gasteiger partial charge in [0.25, 0.3) is 15.7 Å². The molecule has 0 saturated heterocycles. The number of ether oxygens (including phenoxy) is 4. The third kappa shape index (κ3) is 9.56. The number of nitro groups is 1. The number of aromatic carboxylic acids is 1. The number of carbonyl (C=O) groups excluding carboxylic acids is 2. The van der Waals surface area contributed by atoms with Crippen molar-refractivity contribution in [3.63, 3.8) is 0 Å². The molecule has 0 atom stereocenters. The van der Waals surface area contributed by atoms with Gasteiger partial charge in [-0.3, -0.25) is 20.1 Å². The number of rotatable bonds is 10. The number of hydrogen-bond donors (Lipinski definition) is 3. The average molecular weight is 763 g/mol. The molecule has 3 N–H and O–H groups in total. The number of anilines is 1. The number of nitro benzene ring substituents is 1. The molecule has 0 bridgehead atoms. The summed E-state index contributed by atoms with van der Waals surface area (Å²) < 4.78 is 47.0. The van der Waals surface area contributed by atoms with E-state index in [-0.39, 0.29) is 39.7 Å². The Balaban J connectivity index is 0.000000271. The molecule has 260 valence electrons. The number of hydrogen-bond acceptors (Lipinski definition) is 14. The zero-order valence-corrected chi connectivity index (χ0v) is 28.3. The van der Waals surface area contributed by atoms with E-state index in [1.165, 1.54) is 38.5 Å². The first kappa shape index (κ1) is 38.0.